The summed E-state index contributed by atoms with van der Waals surface area (Å²) in [7, 11) is 2.13. The zero-order valence-corrected chi connectivity index (χ0v) is 16.9. The van der Waals surface area contributed by atoms with Gasteiger partial charge in [0.25, 0.3) is 5.56 Å². The number of aromatic nitrogens is 2. The van der Waals surface area contributed by atoms with E-state index in [1.165, 1.54) is 20.9 Å². The number of aryl methyl sites for hydroxylation is 1. The smallest absolute Gasteiger partial charge is 0.260 e. The van der Waals surface area contributed by atoms with E-state index in [0.29, 0.717) is 12.5 Å². The molecular formula is C21H28N3OS+. The van der Waals surface area contributed by atoms with Crippen molar-refractivity contribution in [1.82, 2.24) is 9.97 Å². The second-order valence-electron chi connectivity index (χ2n) is 7.34. The first-order chi connectivity index (χ1) is 12.5. The first-order valence-electron chi connectivity index (χ1n) is 9.34. The minimum Gasteiger partial charge on any atom is -0.327 e. The van der Waals surface area contributed by atoms with Gasteiger partial charge in [-0.2, -0.15) is 0 Å². The van der Waals surface area contributed by atoms with Crippen LogP contribution in [0.25, 0.3) is 10.2 Å². The molecule has 5 heteroatoms. The number of aromatic amines is 1. The molecule has 0 aliphatic rings. The number of hydrogen-bond acceptors (Lipinski definition) is 3. The van der Waals surface area contributed by atoms with Crippen molar-refractivity contribution in [2.24, 2.45) is 5.92 Å². The van der Waals surface area contributed by atoms with Crippen LogP contribution in [0.1, 0.15) is 42.1 Å². The third-order valence-electron chi connectivity index (χ3n) is 4.98. The van der Waals surface area contributed by atoms with Crippen molar-refractivity contribution in [3.05, 3.63) is 62.5 Å². The molecule has 0 amide bonds. The number of H-pyrrole nitrogens is 1. The molecule has 0 aliphatic heterocycles. The molecule has 1 aromatic carbocycles. The number of nitrogens with one attached hydrogen (secondary N) is 2. The van der Waals surface area contributed by atoms with Crippen molar-refractivity contribution in [2.75, 3.05) is 7.05 Å². The zero-order valence-electron chi connectivity index (χ0n) is 16.1. The van der Waals surface area contributed by atoms with E-state index in [2.05, 4.69) is 57.1 Å². The van der Waals surface area contributed by atoms with Gasteiger partial charge in [-0.25, -0.2) is 4.98 Å². The Kier molecular flexibility index (Phi) is 5.89. The molecule has 0 bridgehead atoms. The highest BCUT2D eigenvalue weighted by atomic mass is 32.1. The van der Waals surface area contributed by atoms with E-state index in [1.54, 1.807) is 11.3 Å². The molecule has 0 radical (unpaired) electrons. The number of quaternary nitrogens is 1. The summed E-state index contributed by atoms with van der Waals surface area (Å²) in [6, 6.07) is 10.4. The quantitative estimate of drug-likeness (QED) is 0.671. The zero-order chi connectivity index (χ0) is 18.7. The number of benzene rings is 1. The molecular weight excluding hydrogens is 342 g/mol. The number of rotatable bonds is 7. The Morgan fingerprint density at radius 2 is 1.96 bits per heavy atom. The van der Waals surface area contributed by atoms with Gasteiger partial charge in [0.05, 0.1) is 12.4 Å². The Morgan fingerprint density at radius 1 is 1.23 bits per heavy atom. The van der Waals surface area contributed by atoms with Gasteiger partial charge in [-0.15, -0.1) is 11.3 Å². The highest BCUT2D eigenvalue weighted by Crippen LogP contribution is 2.29. The highest BCUT2D eigenvalue weighted by molar-refractivity contribution is 7.18. The van der Waals surface area contributed by atoms with Gasteiger partial charge in [0.2, 0.25) is 0 Å². The van der Waals surface area contributed by atoms with Crippen LogP contribution in [0.4, 0.5) is 0 Å². The fraction of sp³-hybridized carbons (Fsp3) is 0.429. The predicted molar refractivity (Wildman–Crippen MR) is 109 cm³/mol. The molecule has 0 saturated heterocycles. The van der Waals surface area contributed by atoms with E-state index in [4.69, 9.17) is 4.98 Å². The van der Waals surface area contributed by atoms with Gasteiger partial charge in [0.15, 0.2) is 5.82 Å². The third kappa shape index (κ3) is 4.22. The fourth-order valence-corrected chi connectivity index (χ4v) is 4.41. The molecule has 2 aromatic heterocycles. The Bertz CT molecular complexity index is 930. The summed E-state index contributed by atoms with van der Waals surface area (Å²) >= 11 is 1.65. The van der Waals surface area contributed by atoms with Gasteiger partial charge in [0.1, 0.15) is 17.9 Å². The monoisotopic (exact) mass is 370 g/mol. The number of nitrogens with zero attached hydrogens (tertiary/aromatic N) is 1. The van der Waals surface area contributed by atoms with E-state index in [9.17, 15) is 4.79 Å². The van der Waals surface area contributed by atoms with Crippen molar-refractivity contribution in [3.8, 4) is 0 Å². The number of thiophene rings is 1. The summed E-state index contributed by atoms with van der Waals surface area (Å²) in [5.74, 6) is 1.35. The summed E-state index contributed by atoms with van der Waals surface area (Å²) in [6.45, 7) is 8.15. The van der Waals surface area contributed by atoms with Gasteiger partial charge >= 0.3 is 0 Å². The molecule has 2 heterocycles. The molecule has 2 atom stereocenters. The number of fused-ring (bicyclic) bond motifs is 1. The van der Waals surface area contributed by atoms with Crippen molar-refractivity contribution in [1.29, 1.82) is 0 Å². The Labute approximate surface area is 158 Å². The van der Waals surface area contributed by atoms with Crippen molar-refractivity contribution in [2.45, 2.75) is 46.7 Å². The number of hydrogen-bond donors (Lipinski definition) is 2. The van der Waals surface area contributed by atoms with Crippen LogP contribution in [-0.2, 0) is 19.5 Å². The fourth-order valence-electron chi connectivity index (χ4n) is 3.33. The first-order valence-corrected chi connectivity index (χ1v) is 10.2. The summed E-state index contributed by atoms with van der Waals surface area (Å²) in [5.41, 5.74) is 2.49. The van der Waals surface area contributed by atoms with Crippen LogP contribution in [0.5, 0.6) is 0 Å². The average molecular weight is 371 g/mol. The van der Waals surface area contributed by atoms with E-state index < -0.39 is 0 Å². The largest absolute Gasteiger partial charge is 0.327 e. The Morgan fingerprint density at radius 3 is 2.65 bits per heavy atom. The van der Waals surface area contributed by atoms with Crippen LogP contribution in [0.3, 0.4) is 0 Å². The van der Waals surface area contributed by atoms with E-state index >= 15 is 0 Å². The second kappa shape index (κ2) is 8.14. The maximum absolute atomic E-state index is 12.7. The molecule has 138 valence electrons. The second-order valence-corrected chi connectivity index (χ2v) is 8.55. The normalized spacial score (nSPS) is 13.8. The van der Waals surface area contributed by atoms with Gasteiger partial charge in [-0.05, 0) is 24.8 Å². The summed E-state index contributed by atoms with van der Waals surface area (Å²) in [6.07, 6.45) is 2.07. The molecule has 3 rings (SSSR count). The van der Waals surface area contributed by atoms with Crippen LogP contribution in [0.2, 0.25) is 0 Å². The summed E-state index contributed by atoms with van der Waals surface area (Å²) < 4.78 is 0. The van der Waals surface area contributed by atoms with Crippen LogP contribution in [0, 0.1) is 12.8 Å². The van der Waals surface area contributed by atoms with Gasteiger partial charge in [-0.1, -0.05) is 50.6 Å². The van der Waals surface area contributed by atoms with E-state index in [-0.39, 0.29) is 5.56 Å². The lowest BCUT2D eigenvalue weighted by Crippen LogP contribution is -3.06. The molecule has 3 aromatic rings. The lowest BCUT2D eigenvalue weighted by atomic mass is 9.98. The lowest BCUT2D eigenvalue weighted by Gasteiger charge is -2.13. The van der Waals surface area contributed by atoms with Gasteiger partial charge in [-0.3, -0.25) is 4.79 Å². The van der Waals surface area contributed by atoms with Crippen molar-refractivity contribution >= 4 is 21.6 Å². The molecule has 0 aliphatic carbocycles. The van der Waals surface area contributed by atoms with Crippen LogP contribution < -0.4 is 10.5 Å². The van der Waals surface area contributed by atoms with Crippen LogP contribution >= 0.6 is 11.3 Å². The summed E-state index contributed by atoms with van der Waals surface area (Å²) in [5, 5.41) is 0.803. The molecule has 0 fully saturated rings. The SMILES string of the molecule is CC[C@H](C)Cc1c(C)sc2nc(C[NH+](C)Cc3ccccc3)[nH]c(=O)c12. The van der Waals surface area contributed by atoms with Crippen LogP contribution in [-0.4, -0.2) is 17.0 Å². The molecule has 2 N–H and O–H groups in total. The van der Waals surface area contributed by atoms with E-state index in [1.807, 2.05) is 6.07 Å². The topological polar surface area (TPSA) is 50.2 Å². The standard InChI is InChI=1S/C21H27N3OS/c1-5-14(2)11-17-15(3)26-21-19(17)20(25)22-18(23-21)13-24(4)12-16-9-7-6-8-10-16/h6-10,14H,5,11-13H2,1-4H3,(H,22,23,25)/p+1/t14-/m0/s1. The third-order valence-corrected chi connectivity index (χ3v) is 6.02. The highest BCUT2D eigenvalue weighted by Gasteiger charge is 2.17. The maximum Gasteiger partial charge on any atom is 0.260 e. The van der Waals surface area contributed by atoms with Crippen molar-refractivity contribution < 1.29 is 4.90 Å². The molecule has 4 nitrogen and oxygen atoms in total. The molecule has 1 unspecified atom stereocenters. The lowest BCUT2D eigenvalue weighted by molar-refractivity contribution is -0.908. The summed E-state index contributed by atoms with van der Waals surface area (Å²) in [4.78, 5) is 24.0. The Hall–Kier alpha value is -1.98. The van der Waals surface area contributed by atoms with Gasteiger partial charge in [0, 0.05) is 10.4 Å². The van der Waals surface area contributed by atoms with Gasteiger partial charge < -0.3 is 9.88 Å². The Balaban J connectivity index is 1.84. The molecule has 26 heavy (non-hydrogen) atoms. The first kappa shape index (κ1) is 18.8. The van der Waals surface area contributed by atoms with E-state index in [0.717, 1.165) is 35.4 Å². The minimum atomic E-state index is 0.0140. The molecule has 0 spiro atoms. The molecule has 0 saturated carbocycles. The van der Waals surface area contributed by atoms with Crippen LogP contribution in [0.15, 0.2) is 35.1 Å². The van der Waals surface area contributed by atoms with Crippen molar-refractivity contribution in [3.63, 3.8) is 0 Å². The predicted octanol–water partition coefficient (Wildman–Crippen LogP) is 3.10. The average Bonchev–Trinajstić information content (AvgIpc) is 2.91. The minimum absolute atomic E-state index is 0.0140. The maximum atomic E-state index is 12.7.